The molecule has 1 aromatic rings. The summed E-state index contributed by atoms with van der Waals surface area (Å²) in [5.41, 5.74) is 6.22. The molecule has 6 nitrogen and oxygen atoms in total. The summed E-state index contributed by atoms with van der Waals surface area (Å²) in [6.45, 7) is 2.30. The normalized spacial score (nSPS) is 22.7. The van der Waals surface area contributed by atoms with Gasteiger partial charge in [0.25, 0.3) is 0 Å². The summed E-state index contributed by atoms with van der Waals surface area (Å²) in [5, 5.41) is 14.8. The maximum Gasteiger partial charge on any atom is 0.170 e. The third-order valence-corrected chi connectivity index (χ3v) is 3.64. The largest absolute Gasteiger partial charge is 0.409 e. The molecule has 0 amide bonds. The van der Waals surface area contributed by atoms with Crippen LogP contribution in [0.4, 0.5) is 4.39 Å². The molecule has 0 bridgehead atoms. The van der Waals surface area contributed by atoms with Crippen molar-refractivity contribution in [3.8, 4) is 0 Å². The average molecular weight is 297 g/mol. The summed E-state index contributed by atoms with van der Waals surface area (Å²) >= 11 is 0. The van der Waals surface area contributed by atoms with Gasteiger partial charge in [0.05, 0.1) is 6.61 Å². The lowest BCUT2D eigenvalue weighted by Crippen LogP contribution is -2.42. The van der Waals surface area contributed by atoms with Crippen LogP contribution in [-0.2, 0) is 16.0 Å². The minimum atomic E-state index is -0.429. The number of rotatable bonds is 6. The van der Waals surface area contributed by atoms with Crippen molar-refractivity contribution >= 4 is 5.84 Å². The fraction of sp³-hybridized carbons (Fsp3) is 0.500. The molecule has 21 heavy (non-hydrogen) atoms. The highest BCUT2D eigenvalue weighted by atomic mass is 19.1. The third kappa shape index (κ3) is 3.90. The van der Waals surface area contributed by atoms with Crippen LogP contribution in [0.2, 0.25) is 0 Å². The van der Waals surface area contributed by atoms with E-state index in [2.05, 4.69) is 10.5 Å². The van der Waals surface area contributed by atoms with Gasteiger partial charge in [-0.3, -0.25) is 0 Å². The number of halogens is 1. The predicted molar refractivity (Wildman–Crippen MR) is 75.8 cm³/mol. The van der Waals surface area contributed by atoms with Gasteiger partial charge in [-0.25, -0.2) is 4.39 Å². The highest BCUT2D eigenvalue weighted by Crippen LogP contribution is 2.21. The zero-order valence-corrected chi connectivity index (χ0v) is 11.9. The molecule has 1 fully saturated rings. The lowest BCUT2D eigenvalue weighted by molar-refractivity contribution is -0.0159. The van der Waals surface area contributed by atoms with Crippen LogP contribution in [0, 0.1) is 5.82 Å². The van der Waals surface area contributed by atoms with E-state index < -0.39 is 5.82 Å². The van der Waals surface area contributed by atoms with E-state index in [9.17, 15) is 4.39 Å². The first-order chi connectivity index (χ1) is 10.1. The Morgan fingerprint density at radius 2 is 2.38 bits per heavy atom. The number of hydrogen-bond donors (Lipinski definition) is 3. The second-order valence-corrected chi connectivity index (χ2v) is 5.13. The van der Waals surface area contributed by atoms with E-state index in [0.717, 1.165) is 6.42 Å². The van der Waals surface area contributed by atoms with E-state index in [1.165, 1.54) is 12.1 Å². The number of ether oxygens (including phenoxy) is 2. The van der Waals surface area contributed by atoms with Gasteiger partial charge in [-0.05, 0) is 23.8 Å². The van der Waals surface area contributed by atoms with Crippen LogP contribution in [0.25, 0.3) is 0 Å². The molecule has 1 unspecified atom stereocenters. The van der Waals surface area contributed by atoms with E-state index in [1.54, 1.807) is 13.2 Å². The van der Waals surface area contributed by atoms with Gasteiger partial charge in [-0.2, -0.15) is 0 Å². The minimum absolute atomic E-state index is 0.117. The van der Waals surface area contributed by atoms with Gasteiger partial charge in [-0.1, -0.05) is 5.16 Å². The molecule has 1 atom stereocenters. The molecule has 0 radical (unpaired) electrons. The number of nitrogens with one attached hydrogen (secondary N) is 1. The first-order valence-electron chi connectivity index (χ1n) is 6.69. The summed E-state index contributed by atoms with van der Waals surface area (Å²) in [6.07, 6.45) is 0.828. The second kappa shape index (κ2) is 6.84. The van der Waals surface area contributed by atoms with E-state index in [-0.39, 0.29) is 11.4 Å². The fourth-order valence-electron chi connectivity index (χ4n) is 2.35. The van der Waals surface area contributed by atoms with E-state index in [0.29, 0.717) is 37.4 Å². The third-order valence-electron chi connectivity index (χ3n) is 3.64. The van der Waals surface area contributed by atoms with Crippen molar-refractivity contribution < 1.29 is 19.1 Å². The van der Waals surface area contributed by atoms with Crippen molar-refractivity contribution in [1.82, 2.24) is 5.32 Å². The fourth-order valence-corrected chi connectivity index (χ4v) is 2.35. The topological polar surface area (TPSA) is 89.1 Å². The smallest absolute Gasteiger partial charge is 0.170 e. The minimum Gasteiger partial charge on any atom is -0.409 e. The summed E-state index contributed by atoms with van der Waals surface area (Å²) in [5.74, 6) is -0.546. The predicted octanol–water partition coefficient (Wildman–Crippen LogP) is 0.815. The van der Waals surface area contributed by atoms with Gasteiger partial charge >= 0.3 is 0 Å². The van der Waals surface area contributed by atoms with Crippen LogP contribution in [0.5, 0.6) is 0 Å². The van der Waals surface area contributed by atoms with Crippen molar-refractivity contribution in [2.45, 2.75) is 18.6 Å². The van der Waals surface area contributed by atoms with Gasteiger partial charge in [0, 0.05) is 38.8 Å². The molecule has 1 aromatic carbocycles. The highest BCUT2D eigenvalue weighted by Gasteiger charge is 2.34. The highest BCUT2D eigenvalue weighted by molar-refractivity contribution is 5.97. The average Bonchev–Trinajstić information content (AvgIpc) is 2.95. The Kier molecular flexibility index (Phi) is 5.11. The first kappa shape index (κ1) is 15.7. The van der Waals surface area contributed by atoms with Crippen LogP contribution in [0.1, 0.15) is 17.5 Å². The Labute approximate surface area is 122 Å². The molecule has 0 spiro atoms. The molecule has 0 saturated carbocycles. The molecular formula is C14H20FN3O3. The summed E-state index contributed by atoms with van der Waals surface area (Å²) < 4.78 is 24.4. The molecule has 2 rings (SSSR count). The second-order valence-electron chi connectivity index (χ2n) is 5.13. The Bertz CT molecular complexity index is 516. The molecule has 1 aliphatic rings. The summed E-state index contributed by atoms with van der Waals surface area (Å²) in [6, 6.07) is 4.31. The van der Waals surface area contributed by atoms with Crippen LogP contribution in [-0.4, -0.2) is 43.5 Å². The maximum absolute atomic E-state index is 13.5. The molecule has 4 N–H and O–H groups in total. The molecule has 0 aromatic heterocycles. The lowest BCUT2D eigenvalue weighted by Gasteiger charge is -2.26. The van der Waals surface area contributed by atoms with Crippen LogP contribution >= 0.6 is 0 Å². The Morgan fingerprint density at radius 1 is 1.57 bits per heavy atom. The molecule has 116 valence electrons. The number of methoxy groups -OCH3 is 1. The lowest BCUT2D eigenvalue weighted by atomic mass is 10.0. The van der Waals surface area contributed by atoms with Gasteiger partial charge in [0.15, 0.2) is 5.84 Å². The molecular weight excluding hydrogens is 277 g/mol. The Hall–Kier alpha value is -1.70. The van der Waals surface area contributed by atoms with E-state index in [1.807, 2.05) is 0 Å². The zero-order valence-electron chi connectivity index (χ0n) is 11.9. The van der Waals surface area contributed by atoms with E-state index in [4.69, 9.17) is 20.4 Å². The number of nitrogens with zero attached hydrogens (tertiary/aromatic N) is 1. The van der Waals surface area contributed by atoms with Gasteiger partial charge in [0.1, 0.15) is 11.4 Å². The van der Waals surface area contributed by atoms with Gasteiger partial charge < -0.3 is 25.7 Å². The van der Waals surface area contributed by atoms with Gasteiger partial charge in [-0.15, -0.1) is 0 Å². The zero-order chi connectivity index (χ0) is 15.3. The summed E-state index contributed by atoms with van der Waals surface area (Å²) in [7, 11) is 1.66. The van der Waals surface area contributed by atoms with Crippen molar-refractivity contribution in [2.75, 3.05) is 26.9 Å². The van der Waals surface area contributed by atoms with E-state index >= 15 is 0 Å². The number of nitrogens with two attached hydrogens (primary N) is 1. The van der Waals surface area contributed by atoms with Crippen molar-refractivity contribution in [2.24, 2.45) is 10.9 Å². The standard InChI is InChI=1S/C14H20FN3O3/c1-20-14(2-3-21-9-14)8-17-7-10-4-11(13(16)18-19)6-12(15)5-10/h4-6,17,19H,2-3,7-9H2,1H3,(H2,16,18). The SMILES string of the molecule is COC1(CNCc2cc(F)cc(/C(N)=N/O)c2)CCOC1. The number of hydrogen-bond acceptors (Lipinski definition) is 5. The molecule has 1 aliphatic heterocycles. The Balaban J connectivity index is 1.98. The molecule has 1 saturated heterocycles. The Morgan fingerprint density at radius 3 is 3.00 bits per heavy atom. The van der Waals surface area contributed by atoms with Gasteiger partial charge in [0.2, 0.25) is 0 Å². The molecule has 0 aliphatic carbocycles. The maximum atomic E-state index is 13.5. The molecule has 1 heterocycles. The quantitative estimate of drug-likeness (QED) is 0.313. The van der Waals surface area contributed by atoms with Crippen molar-refractivity contribution in [3.63, 3.8) is 0 Å². The number of amidine groups is 1. The first-order valence-corrected chi connectivity index (χ1v) is 6.69. The van der Waals surface area contributed by atoms with Crippen molar-refractivity contribution in [1.29, 1.82) is 0 Å². The number of oxime groups is 1. The summed E-state index contributed by atoms with van der Waals surface area (Å²) in [4.78, 5) is 0. The van der Waals surface area contributed by atoms with Crippen LogP contribution in [0.3, 0.4) is 0 Å². The van der Waals surface area contributed by atoms with Crippen molar-refractivity contribution in [3.05, 3.63) is 35.1 Å². The number of benzene rings is 1. The molecule has 7 heteroatoms. The van der Waals surface area contributed by atoms with Crippen LogP contribution in [0.15, 0.2) is 23.4 Å². The van der Waals surface area contributed by atoms with Crippen LogP contribution < -0.4 is 11.1 Å². The monoisotopic (exact) mass is 297 g/mol.